The predicted molar refractivity (Wildman–Crippen MR) is 71.4 cm³/mol. The molecular weight excluding hydrogens is 311 g/mol. The van der Waals surface area contributed by atoms with Crippen molar-refractivity contribution in [3.8, 4) is 0 Å². The number of hydrogen-bond acceptors (Lipinski definition) is 1. The summed E-state index contributed by atoms with van der Waals surface area (Å²) >= 11 is 15.8. The van der Waals surface area contributed by atoms with E-state index in [2.05, 4.69) is 26.2 Å². The van der Waals surface area contributed by atoms with Gasteiger partial charge in [-0.15, -0.1) is 0 Å². The molecule has 0 saturated heterocycles. The van der Waals surface area contributed by atoms with Crippen molar-refractivity contribution < 1.29 is 0 Å². The first kappa shape index (κ1) is 10.9. The van der Waals surface area contributed by atoms with Crippen LogP contribution in [0.1, 0.15) is 11.3 Å². The van der Waals surface area contributed by atoms with Crippen LogP contribution >= 0.6 is 39.1 Å². The third-order valence-corrected chi connectivity index (χ3v) is 4.38. The number of aromatic nitrogens is 1. The molecule has 0 unspecified atom stereocenters. The summed E-state index contributed by atoms with van der Waals surface area (Å²) < 4.78 is 0.998. The second kappa shape index (κ2) is 3.91. The monoisotopic (exact) mass is 318 g/mol. The van der Waals surface area contributed by atoms with Gasteiger partial charge in [-0.25, -0.2) is 0 Å². The van der Waals surface area contributed by atoms with E-state index >= 15 is 0 Å². The maximum atomic E-state index is 6.21. The molecule has 0 atom stereocenters. The fourth-order valence-corrected chi connectivity index (χ4v) is 3.42. The molecule has 0 spiro atoms. The normalized spacial score (nSPS) is 15.4. The molecule has 0 fully saturated rings. The first-order valence-electron chi connectivity index (χ1n) is 5.06. The lowest BCUT2D eigenvalue weighted by molar-refractivity contribution is 0.640. The number of halogens is 3. The summed E-state index contributed by atoms with van der Waals surface area (Å²) in [6.07, 6.45) is 1.00. The first-order chi connectivity index (χ1) is 7.68. The van der Waals surface area contributed by atoms with Gasteiger partial charge in [0.1, 0.15) is 0 Å². The molecule has 5 heteroatoms. The molecular formula is C11H9BrCl2N2. The molecule has 0 saturated carbocycles. The fraction of sp³-hybridized carbons (Fsp3) is 0.273. The van der Waals surface area contributed by atoms with E-state index in [0.717, 1.165) is 34.9 Å². The fourth-order valence-electron chi connectivity index (χ4n) is 2.22. The van der Waals surface area contributed by atoms with Crippen molar-refractivity contribution in [3.63, 3.8) is 0 Å². The van der Waals surface area contributed by atoms with Gasteiger partial charge in [-0.3, -0.25) is 0 Å². The van der Waals surface area contributed by atoms with Gasteiger partial charge in [0, 0.05) is 35.1 Å². The van der Waals surface area contributed by atoms with Gasteiger partial charge in [0.25, 0.3) is 0 Å². The summed E-state index contributed by atoms with van der Waals surface area (Å²) in [5.74, 6) is 0. The average molecular weight is 320 g/mol. The molecule has 0 bridgehead atoms. The van der Waals surface area contributed by atoms with Crippen LogP contribution in [0.4, 0.5) is 0 Å². The summed E-state index contributed by atoms with van der Waals surface area (Å²) in [4.78, 5) is 3.38. The molecule has 1 aromatic heterocycles. The van der Waals surface area contributed by atoms with Crippen LogP contribution in [-0.4, -0.2) is 11.5 Å². The second-order valence-electron chi connectivity index (χ2n) is 3.91. The van der Waals surface area contributed by atoms with Crippen LogP contribution in [-0.2, 0) is 13.0 Å². The number of H-pyrrole nitrogens is 1. The van der Waals surface area contributed by atoms with Crippen LogP contribution in [0.15, 0.2) is 10.5 Å². The molecule has 0 aliphatic carbocycles. The number of benzene rings is 1. The van der Waals surface area contributed by atoms with Crippen LogP contribution in [0.3, 0.4) is 0 Å². The Morgan fingerprint density at radius 1 is 1.31 bits per heavy atom. The number of aromatic amines is 1. The topological polar surface area (TPSA) is 27.8 Å². The Balaban J connectivity index is 2.42. The van der Waals surface area contributed by atoms with Crippen molar-refractivity contribution in [2.45, 2.75) is 13.0 Å². The highest BCUT2D eigenvalue weighted by Gasteiger charge is 2.19. The SMILES string of the molecule is Clc1cc(Br)c2c3c([nH]c2c1Cl)CCNC3. The van der Waals surface area contributed by atoms with Crippen molar-refractivity contribution >= 4 is 50.0 Å². The highest BCUT2D eigenvalue weighted by Crippen LogP contribution is 2.39. The highest BCUT2D eigenvalue weighted by atomic mass is 79.9. The van der Waals surface area contributed by atoms with E-state index in [1.807, 2.05) is 6.07 Å². The quantitative estimate of drug-likeness (QED) is 0.709. The Morgan fingerprint density at radius 2 is 2.12 bits per heavy atom. The van der Waals surface area contributed by atoms with E-state index in [9.17, 15) is 0 Å². The first-order valence-corrected chi connectivity index (χ1v) is 6.61. The minimum absolute atomic E-state index is 0.576. The number of nitrogens with one attached hydrogen (secondary N) is 2. The molecule has 2 heterocycles. The van der Waals surface area contributed by atoms with Gasteiger partial charge in [-0.1, -0.05) is 39.1 Å². The number of fused-ring (bicyclic) bond motifs is 3. The Labute approximate surface area is 111 Å². The Hall–Kier alpha value is -0.220. The van der Waals surface area contributed by atoms with Gasteiger partial charge in [-0.2, -0.15) is 0 Å². The lowest BCUT2D eigenvalue weighted by atomic mass is 10.1. The van der Waals surface area contributed by atoms with Gasteiger partial charge in [0.05, 0.1) is 15.6 Å². The van der Waals surface area contributed by atoms with Crippen molar-refractivity contribution in [2.24, 2.45) is 0 Å². The number of hydrogen-bond donors (Lipinski definition) is 2. The van der Waals surface area contributed by atoms with Gasteiger partial charge in [-0.05, 0) is 11.6 Å². The zero-order valence-corrected chi connectivity index (χ0v) is 11.4. The molecule has 0 radical (unpaired) electrons. The van der Waals surface area contributed by atoms with Crippen molar-refractivity contribution in [2.75, 3.05) is 6.54 Å². The Bertz CT molecular complexity index is 577. The third-order valence-electron chi connectivity index (χ3n) is 2.97. The van der Waals surface area contributed by atoms with E-state index in [0.29, 0.717) is 10.0 Å². The van der Waals surface area contributed by atoms with Crippen molar-refractivity contribution in [1.82, 2.24) is 10.3 Å². The van der Waals surface area contributed by atoms with Gasteiger partial charge >= 0.3 is 0 Å². The minimum Gasteiger partial charge on any atom is -0.357 e. The maximum Gasteiger partial charge on any atom is 0.0834 e. The highest BCUT2D eigenvalue weighted by molar-refractivity contribution is 9.10. The van der Waals surface area contributed by atoms with Gasteiger partial charge in [0.15, 0.2) is 0 Å². The van der Waals surface area contributed by atoms with E-state index in [1.54, 1.807) is 0 Å². The molecule has 1 aliphatic rings. The summed E-state index contributed by atoms with van der Waals surface area (Å²) in [6.45, 7) is 1.88. The second-order valence-corrected chi connectivity index (χ2v) is 5.55. The van der Waals surface area contributed by atoms with Gasteiger partial charge < -0.3 is 10.3 Å². The van der Waals surface area contributed by atoms with Crippen LogP contribution < -0.4 is 5.32 Å². The van der Waals surface area contributed by atoms with Crippen molar-refractivity contribution in [1.29, 1.82) is 0 Å². The largest absolute Gasteiger partial charge is 0.357 e. The lowest BCUT2D eigenvalue weighted by Crippen LogP contribution is -2.22. The van der Waals surface area contributed by atoms with Gasteiger partial charge in [0.2, 0.25) is 0 Å². The molecule has 3 rings (SSSR count). The predicted octanol–water partition coefficient (Wildman–Crippen LogP) is 3.88. The van der Waals surface area contributed by atoms with E-state index in [-0.39, 0.29) is 0 Å². The molecule has 1 aliphatic heterocycles. The van der Waals surface area contributed by atoms with E-state index in [4.69, 9.17) is 23.2 Å². The third kappa shape index (κ3) is 1.50. The summed E-state index contributed by atoms with van der Waals surface area (Å²) in [6, 6.07) is 1.86. The zero-order valence-electron chi connectivity index (χ0n) is 8.33. The maximum absolute atomic E-state index is 6.21. The standard InChI is InChI=1S/C11H9BrCl2N2/c12-6-3-7(13)10(14)11-9(6)5-4-15-2-1-8(5)16-11/h3,15-16H,1-2,4H2. The van der Waals surface area contributed by atoms with E-state index in [1.165, 1.54) is 11.3 Å². The molecule has 2 nitrogen and oxygen atoms in total. The summed E-state index contributed by atoms with van der Waals surface area (Å²) in [5.41, 5.74) is 3.50. The molecule has 16 heavy (non-hydrogen) atoms. The number of rotatable bonds is 0. The molecule has 84 valence electrons. The Morgan fingerprint density at radius 3 is 2.94 bits per heavy atom. The van der Waals surface area contributed by atoms with Crippen LogP contribution in [0.25, 0.3) is 10.9 Å². The molecule has 1 aromatic carbocycles. The zero-order chi connectivity index (χ0) is 11.3. The van der Waals surface area contributed by atoms with Crippen LogP contribution in [0.2, 0.25) is 10.0 Å². The Kier molecular flexibility index (Phi) is 2.67. The smallest absolute Gasteiger partial charge is 0.0834 e. The molecule has 0 amide bonds. The minimum atomic E-state index is 0.576. The summed E-state index contributed by atoms with van der Waals surface area (Å²) in [7, 11) is 0. The molecule has 2 N–H and O–H groups in total. The molecule has 2 aromatic rings. The van der Waals surface area contributed by atoms with Crippen molar-refractivity contribution in [3.05, 3.63) is 31.8 Å². The average Bonchev–Trinajstić information content (AvgIpc) is 2.65. The van der Waals surface area contributed by atoms with Crippen LogP contribution in [0.5, 0.6) is 0 Å². The lowest BCUT2D eigenvalue weighted by Gasteiger charge is -2.12. The van der Waals surface area contributed by atoms with E-state index < -0.39 is 0 Å². The van der Waals surface area contributed by atoms with Crippen LogP contribution in [0, 0.1) is 0 Å². The summed E-state index contributed by atoms with van der Waals surface area (Å²) in [5, 5.41) is 5.70.